The van der Waals surface area contributed by atoms with E-state index in [0.29, 0.717) is 12.5 Å². The molecule has 17 heavy (non-hydrogen) atoms. The lowest BCUT2D eigenvalue weighted by Crippen LogP contribution is -2.28. The second-order valence-corrected chi connectivity index (χ2v) is 5.30. The molecule has 1 aliphatic heterocycles. The van der Waals surface area contributed by atoms with Crippen LogP contribution in [0.2, 0.25) is 0 Å². The third-order valence-electron chi connectivity index (χ3n) is 3.01. The third-order valence-corrected chi connectivity index (χ3v) is 3.78. The minimum Gasteiger partial charge on any atom is -0.381 e. The summed E-state index contributed by atoms with van der Waals surface area (Å²) >= 11 is 3.43. The van der Waals surface area contributed by atoms with Gasteiger partial charge in [-0.05, 0) is 42.5 Å². The van der Waals surface area contributed by atoms with Gasteiger partial charge in [0, 0.05) is 24.2 Å². The average Bonchev–Trinajstić information content (AvgIpc) is 2.35. The van der Waals surface area contributed by atoms with Crippen molar-refractivity contribution >= 4 is 15.9 Å². The summed E-state index contributed by atoms with van der Waals surface area (Å²) in [5.74, 6) is 0.405. The fourth-order valence-electron chi connectivity index (χ4n) is 2.06. The van der Waals surface area contributed by atoms with Gasteiger partial charge in [0.15, 0.2) is 0 Å². The summed E-state index contributed by atoms with van der Waals surface area (Å²) in [5, 5.41) is 3.36. The zero-order valence-corrected chi connectivity index (χ0v) is 11.3. The largest absolute Gasteiger partial charge is 0.381 e. The summed E-state index contributed by atoms with van der Waals surface area (Å²) in [4.78, 5) is 0. The quantitative estimate of drug-likeness (QED) is 0.923. The first kappa shape index (κ1) is 13.0. The Morgan fingerprint density at radius 2 is 2.35 bits per heavy atom. The number of hydrogen-bond donors (Lipinski definition) is 1. The zero-order valence-electron chi connectivity index (χ0n) is 9.72. The van der Waals surface area contributed by atoms with Crippen LogP contribution in [0, 0.1) is 11.7 Å². The molecular formula is C13H17BrFNO. The van der Waals surface area contributed by atoms with Crippen LogP contribution < -0.4 is 5.32 Å². The molecule has 1 aromatic carbocycles. The number of rotatable bonds is 4. The van der Waals surface area contributed by atoms with Crippen LogP contribution in [0.3, 0.4) is 0 Å². The summed E-state index contributed by atoms with van der Waals surface area (Å²) in [5.41, 5.74) is 0.960. The van der Waals surface area contributed by atoms with Gasteiger partial charge in [-0.1, -0.05) is 15.9 Å². The van der Waals surface area contributed by atoms with Crippen molar-refractivity contribution in [2.24, 2.45) is 5.92 Å². The van der Waals surface area contributed by atoms with Crippen LogP contribution >= 0.6 is 15.9 Å². The van der Waals surface area contributed by atoms with E-state index < -0.39 is 0 Å². The first-order chi connectivity index (χ1) is 8.25. The molecule has 1 unspecified atom stereocenters. The molecule has 1 aliphatic rings. The van der Waals surface area contributed by atoms with Crippen LogP contribution in [0.1, 0.15) is 18.4 Å². The molecule has 1 heterocycles. The molecule has 1 fully saturated rings. The molecule has 0 spiro atoms. The molecule has 1 aromatic rings. The maximum Gasteiger partial charge on any atom is 0.123 e. The molecule has 2 rings (SSSR count). The van der Waals surface area contributed by atoms with Crippen molar-refractivity contribution in [3.8, 4) is 0 Å². The summed E-state index contributed by atoms with van der Waals surface area (Å²) in [6.45, 7) is 3.36. The second kappa shape index (κ2) is 6.47. The smallest absolute Gasteiger partial charge is 0.123 e. The Morgan fingerprint density at radius 1 is 1.47 bits per heavy atom. The van der Waals surface area contributed by atoms with E-state index >= 15 is 0 Å². The lowest BCUT2D eigenvalue weighted by atomic mass is 10.0. The van der Waals surface area contributed by atoms with Crippen molar-refractivity contribution in [3.05, 3.63) is 34.1 Å². The summed E-state index contributed by atoms with van der Waals surface area (Å²) in [7, 11) is 0. The van der Waals surface area contributed by atoms with Gasteiger partial charge in [0.25, 0.3) is 0 Å². The highest BCUT2D eigenvalue weighted by molar-refractivity contribution is 9.10. The van der Waals surface area contributed by atoms with Gasteiger partial charge < -0.3 is 10.1 Å². The fraction of sp³-hybridized carbons (Fsp3) is 0.538. The Hall–Kier alpha value is -0.450. The molecular weight excluding hydrogens is 285 g/mol. The molecule has 1 N–H and O–H groups in total. The highest BCUT2D eigenvalue weighted by Gasteiger charge is 2.13. The van der Waals surface area contributed by atoms with Gasteiger partial charge in [-0.25, -0.2) is 4.39 Å². The van der Waals surface area contributed by atoms with E-state index in [1.807, 2.05) is 0 Å². The van der Waals surface area contributed by atoms with Gasteiger partial charge in [0.2, 0.25) is 0 Å². The maximum atomic E-state index is 13.1. The van der Waals surface area contributed by atoms with E-state index in [0.717, 1.165) is 36.2 Å². The Bertz CT molecular complexity index is 366. The van der Waals surface area contributed by atoms with Gasteiger partial charge >= 0.3 is 0 Å². The van der Waals surface area contributed by atoms with Crippen LogP contribution in [-0.2, 0) is 11.3 Å². The first-order valence-electron chi connectivity index (χ1n) is 5.98. The molecule has 2 nitrogen and oxygen atoms in total. The molecule has 1 saturated heterocycles. The fourth-order valence-corrected chi connectivity index (χ4v) is 2.44. The minimum atomic E-state index is -0.189. The summed E-state index contributed by atoms with van der Waals surface area (Å²) in [6, 6.07) is 4.77. The number of hydrogen-bond acceptors (Lipinski definition) is 2. The Morgan fingerprint density at radius 3 is 3.12 bits per heavy atom. The van der Waals surface area contributed by atoms with Crippen molar-refractivity contribution in [3.63, 3.8) is 0 Å². The lowest BCUT2D eigenvalue weighted by Gasteiger charge is -2.22. The number of nitrogens with one attached hydrogen (secondary N) is 1. The highest BCUT2D eigenvalue weighted by Crippen LogP contribution is 2.18. The molecule has 0 aromatic heterocycles. The standard InChI is InChI=1S/C13H17BrFNO/c14-13-4-3-12(15)6-11(13)8-16-7-10-2-1-5-17-9-10/h3-4,6,10,16H,1-2,5,7-9H2. The van der Waals surface area contributed by atoms with E-state index in [-0.39, 0.29) is 5.82 Å². The summed E-state index contributed by atoms with van der Waals surface area (Å²) < 4.78 is 19.4. The molecule has 0 saturated carbocycles. The number of halogens is 2. The normalized spacial score (nSPS) is 20.5. The average molecular weight is 302 g/mol. The molecule has 1 atom stereocenters. The van der Waals surface area contributed by atoms with Crippen molar-refractivity contribution in [1.29, 1.82) is 0 Å². The second-order valence-electron chi connectivity index (χ2n) is 4.45. The molecule has 0 radical (unpaired) electrons. The van der Waals surface area contributed by atoms with Crippen molar-refractivity contribution in [1.82, 2.24) is 5.32 Å². The van der Waals surface area contributed by atoms with Gasteiger partial charge in [0.05, 0.1) is 6.61 Å². The lowest BCUT2D eigenvalue weighted by molar-refractivity contribution is 0.0547. The Labute approximate surface area is 110 Å². The van der Waals surface area contributed by atoms with Crippen LogP contribution in [-0.4, -0.2) is 19.8 Å². The predicted octanol–water partition coefficient (Wildman–Crippen LogP) is 3.10. The first-order valence-corrected chi connectivity index (χ1v) is 6.77. The Balaban J connectivity index is 1.79. The van der Waals surface area contributed by atoms with E-state index in [1.165, 1.54) is 12.5 Å². The van der Waals surface area contributed by atoms with Gasteiger partial charge in [-0.3, -0.25) is 0 Å². The third kappa shape index (κ3) is 4.05. The van der Waals surface area contributed by atoms with E-state index in [1.54, 1.807) is 12.1 Å². The molecule has 4 heteroatoms. The predicted molar refractivity (Wildman–Crippen MR) is 69.3 cm³/mol. The van der Waals surface area contributed by atoms with Crippen LogP contribution in [0.15, 0.2) is 22.7 Å². The topological polar surface area (TPSA) is 21.3 Å². The van der Waals surface area contributed by atoms with E-state index in [2.05, 4.69) is 21.2 Å². The molecule has 0 bridgehead atoms. The highest BCUT2D eigenvalue weighted by atomic mass is 79.9. The van der Waals surface area contributed by atoms with Crippen LogP contribution in [0.4, 0.5) is 4.39 Å². The molecule has 94 valence electrons. The minimum absolute atomic E-state index is 0.189. The molecule has 0 amide bonds. The van der Waals surface area contributed by atoms with Gasteiger partial charge in [-0.2, -0.15) is 0 Å². The van der Waals surface area contributed by atoms with E-state index in [9.17, 15) is 4.39 Å². The van der Waals surface area contributed by atoms with Crippen LogP contribution in [0.5, 0.6) is 0 Å². The Kier molecular flexibility index (Phi) is 4.95. The van der Waals surface area contributed by atoms with Crippen molar-refractivity contribution < 1.29 is 9.13 Å². The van der Waals surface area contributed by atoms with Gasteiger partial charge in [0.1, 0.15) is 5.82 Å². The number of ether oxygens (including phenoxy) is 1. The van der Waals surface area contributed by atoms with Crippen LogP contribution in [0.25, 0.3) is 0 Å². The maximum absolute atomic E-state index is 13.1. The molecule has 0 aliphatic carbocycles. The van der Waals surface area contributed by atoms with E-state index in [4.69, 9.17) is 4.74 Å². The monoisotopic (exact) mass is 301 g/mol. The van der Waals surface area contributed by atoms with Gasteiger partial charge in [-0.15, -0.1) is 0 Å². The zero-order chi connectivity index (χ0) is 12.1. The van der Waals surface area contributed by atoms with Crippen molar-refractivity contribution in [2.75, 3.05) is 19.8 Å². The number of benzene rings is 1. The SMILES string of the molecule is Fc1ccc(Br)c(CNCC2CCCOC2)c1. The summed E-state index contributed by atoms with van der Waals surface area (Å²) in [6.07, 6.45) is 2.37. The van der Waals surface area contributed by atoms with Crippen molar-refractivity contribution in [2.45, 2.75) is 19.4 Å².